The zero-order valence-corrected chi connectivity index (χ0v) is 9.33. The maximum absolute atomic E-state index is 6.09. The molecule has 2 rings (SSSR count). The summed E-state index contributed by atoms with van der Waals surface area (Å²) in [6.45, 7) is 4.19. The van der Waals surface area contributed by atoms with Gasteiger partial charge < -0.3 is 5.73 Å². The second-order valence-electron chi connectivity index (χ2n) is 4.52. The quantitative estimate of drug-likeness (QED) is 0.738. The molecule has 1 heteroatoms. The van der Waals surface area contributed by atoms with Crippen molar-refractivity contribution in [2.24, 2.45) is 5.73 Å². The molecular formula is C14H17N. The molecule has 1 aliphatic rings. The number of nitrogens with two attached hydrogens (primary N) is 1. The van der Waals surface area contributed by atoms with Crippen molar-refractivity contribution < 1.29 is 0 Å². The third-order valence-corrected chi connectivity index (χ3v) is 2.80. The van der Waals surface area contributed by atoms with Gasteiger partial charge >= 0.3 is 0 Å². The highest BCUT2D eigenvalue weighted by Crippen LogP contribution is 2.30. The molecule has 0 bridgehead atoms. The minimum Gasteiger partial charge on any atom is -0.322 e. The Morgan fingerprint density at radius 1 is 1.20 bits per heavy atom. The Morgan fingerprint density at radius 3 is 2.47 bits per heavy atom. The first kappa shape index (κ1) is 10.2. The van der Waals surface area contributed by atoms with Crippen LogP contribution in [0.5, 0.6) is 0 Å². The summed E-state index contributed by atoms with van der Waals surface area (Å²) in [5.74, 6) is 0. The second-order valence-corrected chi connectivity index (χ2v) is 4.52. The van der Waals surface area contributed by atoms with Gasteiger partial charge in [0, 0.05) is 5.54 Å². The molecule has 15 heavy (non-hydrogen) atoms. The molecule has 0 saturated carbocycles. The summed E-state index contributed by atoms with van der Waals surface area (Å²) < 4.78 is 0. The lowest BCUT2D eigenvalue weighted by Gasteiger charge is -2.26. The van der Waals surface area contributed by atoms with E-state index in [0.29, 0.717) is 0 Å². The van der Waals surface area contributed by atoms with Crippen LogP contribution in [0.3, 0.4) is 0 Å². The Hall–Kier alpha value is -1.34. The molecule has 1 nitrogen and oxygen atoms in total. The summed E-state index contributed by atoms with van der Waals surface area (Å²) >= 11 is 0. The van der Waals surface area contributed by atoms with Crippen LogP contribution in [0.25, 0.3) is 5.57 Å². The molecule has 1 unspecified atom stereocenters. The van der Waals surface area contributed by atoms with Crippen molar-refractivity contribution in [3.8, 4) is 0 Å². The van der Waals surface area contributed by atoms with Crippen LogP contribution in [-0.4, -0.2) is 5.54 Å². The normalized spacial score (nSPS) is 25.8. The number of benzene rings is 1. The molecule has 1 atom stereocenters. The minimum atomic E-state index is -0.178. The summed E-state index contributed by atoms with van der Waals surface area (Å²) in [6, 6.07) is 10.5. The lowest BCUT2D eigenvalue weighted by molar-refractivity contribution is 0.587. The van der Waals surface area contributed by atoms with E-state index in [1.54, 1.807) is 0 Å². The van der Waals surface area contributed by atoms with Gasteiger partial charge in [0.05, 0.1) is 0 Å². The van der Waals surface area contributed by atoms with Crippen LogP contribution in [0.2, 0.25) is 0 Å². The largest absolute Gasteiger partial charge is 0.322 e. The second kappa shape index (κ2) is 3.67. The van der Waals surface area contributed by atoms with Crippen LogP contribution < -0.4 is 5.73 Å². The highest BCUT2D eigenvalue weighted by atomic mass is 14.7. The fourth-order valence-corrected chi connectivity index (χ4v) is 2.08. The summed E-state index contributed by atoms with van der Waals surface area (Å²) in [6.07, 6.45) is 5.31. The summed E-state index contributed by atoms with van der Waals surface area (Å²) in [5, 5.41) is 0. The third kappa shape index (κ3) is 2.18. The van der Waals surface area contributed by atoms with Gasteiger partial charge in [-0.15, -0.1) is 0 Å². The Bertz CT molecular complexity index is 410. The third-order valence-electron chi connectivity index (χ3n) is 2.80. The molecule has 78 valence electrons. The van der Waals surface area contributed by atoms with E-state index in [1.165, 1.54) is 16.7 Å². The fraction of sp³-hybridized carbons (Fsp3) is 0.286. The lowest BCUT2D eigenvalue weighted by atomic mass is 9.84. The van der Waals surface area contributed by atoms with Gasteiger partial charge in [0.15, 0.2) is 0 Å². The van der Waals surface area contributed by atoms with Crippen molar-refractivity contribution in [3.05, 3.63) is 53.6 Å². The molecule has 0 heterocycles. The van der Waals surface area contributed by atoms with Crippen molar-refractivity contribution in [1.29, 1.82) is 0 Å². The van der Waals surface area contributed by atoms with Gasteiger partial charge in [0.1, 0.15) is 0 Å². The predicted molar refractivity (Wildman–Crippen MR) is 65.4 cm³/mol. The SMILES string of the molecule is CC1=CC(C)(N)CC=C1c1ccccc1. The first-order chi connectivity index (χ1) is 7.08. The van der Waals surface area contributed by atoms with Crippen LogP contribution in [0.15, 0.2) is 48.1 Å². The average molecular weight is 199 g/mol. The van der Waals surface area contributed by atoms with E-state index in [9.17, 15) is 0 Å². The summed E-state index contributed by atoms with van der Waals surface area (Å²) in [7, 11) is 0. The van der Waals surface area contributed by atoms with E-state index in [-0.39, 0.29) is 5.54 Å². The minimum absolute atomic E-state index is 0.178. The van der Waals surface area contributed by atoms with Gasteiger partial charge in [-0.3, -0.25) is 0 Å². The van der Waals surface area contributed by atoms with Gasteiger partial charge in [-0.25, -0.2) is 0 Å². The molecule has 1 aliphatic carbocycles. The molecule has 0 spiro atoms. The summed E-state index contributed by atoms with van der Waals surface area (Å²) in [5.41, 5.74) is 9.78. The lowest BCUT2D eigenvalue weighted by Crippen LogP contribution is -2.34. The van der Waals surface area contributed by atoms with Crippen molar-refractivity contribution in [2.75, 3.05) is 0 Å². The topological polar surface area (TPSA) is 26.0 Å². The van der Waals surface area contributed by atoms with E-state index >= 15 is 0 Å². The van der Waals surface area contributed by atoms with E-state index in [1.807, 2.05) is 6.07 Å². The first-order valence-corrected chi connectivity index (χ1v) is 5.33. The molecule has 1 aromatic rings. The smallest absolute Gasteiger partial charge is 0.0351 e. The van der Waals surface area contributed by atoms with Crippen LogP contribution in [0.1, 0.15) is 25.8 Å². The van der Waals surface area contributed by atoms with E-state index in [4.69, 9.17) is 5.73 Å². The Balaban J connectivity index is 2.35. The van der Waals surface area contributed by atoms with Crippen LogP contribution in [0.4, 0.5) is 0 Å². The van der Waals surface area contributed by atoms with Gasteiger partial charge in [0.25, 0.3) is 0 Å². The monoisotopic (exact) mass is 199 g/mol. The van der Waals surface area contributed by atoms with Crippen molar-refractivity contribution in [3.63, 3.8) is 0 Å². The highest BCUT2D eigenvalue weighted by Gasteiger charge is 2.20. The molecule has 0 aromatic heterocycles. The standard InChI is InChI=1S/C14H17N/c1-11-10-14(2,15)9-8-13(11)12-6-4-3-5-7-12/h3-8,10H,9,15H2,1-2H3. The van der Waals surface area contributed by atoms with E-state index < -0.39 is 0 Å². The van der Waals surface area contributed by atoms with Crippen molar-refractivity contribution in [1.82, 2.24) is 0 Å². The fourth-order valence-electron chi connectivity index (χ4n) is 2.08. The first-order valence-electron chi connectivity index (χ1n) is 5.33. The van der Waals surface area contributed by atoms with Gasteiger partial charge in [0.2, 0.25) is 0 Å². The number of allylic oxidation sites excluding steroid dienone is 2. The van der Waals surface area contributed by atoms with Crippen molar-refractivity contribution >= 4 is 5.57 Å². The van der Waals surface area contributed by atoms with Crippen molar-refractivity contribution in [2.45, 2.75) is 25.8 Å². The Kier molecular flexibility index (Phi) is 2.49. The maximum Gasteiger partial charge on any atom is 0.0351 e. The average Bonchev–Trinajstić information content (AvgIpc) is 2.17. The zero-order chi connectivity index (χ0) is 10.9. The van der Waals surface area contributed by atoms with E-state index in [2.05, 4.69) is 50.3 Å². The molecule has 0 amide bonds. The molecule has 0 saturated heterocycles. The zero-order valence-electron chi connectivity index (χ0n) is 9.33. The molecule has 0 fully saturated rings. The molecule has 0 radical (unpaired) electrons. The number of hydrogen-bond donors (Lipinski definition) is 1. The van der Waals surface area contributed by atoms with Crippen LogP contribution in [0, 0.1) is 0 Å². The maximum atomic E-state index is 6.09. The van der Waals surface area contributed by atoms with Gasteiger partial charge in [-0.05, 0) is 37.0 Å². The number of hydrogen-bond acceptors (Lipinski definition) is 1. The molecule has 0 aliphatic heterocycles. The molecule has 2 N–H and O–H groups in total. The Morgan fingerprint density at radius 2 is 1.87 bits per heavy atom. The van der Waals surface area contributed by atoms with Crippen LogP contribution >= 0.6 is 0 Å². The Labute approximate surface area is 91.3 Å². The number of rotatable bonds is 1. The molecule has 1 aromatic carbocycles. The van der Waals surface area contributed by atoms with E-state index in [0.717, 1.165) is 6.42 Å². The van der Waals surface area contributed by atoms with Crippen LogP contribution in [-0.2, 0) is 0 Å². The highest BCUT2D eigenvalue weighted by molar-refractivity contribution is 5.79. The predicted octanol–water partition coefficient (Wildman–Crippen LogP) is 3.14. The van der Waals surface area contributed by atoms with Gasteiger partial charge in [-0.1, -0.05) is 42.5 Å². The van der Waals surface area contributed by atoms with Gasteiger partial charge in [-0.2, -0.15) is 0 Å². The molecular weight excluding hydrogens is 182 g/mol. The summed E-state index contributed by atoms with van der Waals surface area (Å²) in [4.78, 5) is 0.